The Hall–Kier alpha value is -1.80. The molecule has 2 fully saturated rings. The number of sulfonamides is 1. The molecule has 27 heavy (non-hydrogen) atoms. The Morgan fingerprint density at radius 1 is 1.11 bits per heavy atom. The molecule has 3 rings (SSSR count). The maximum absolute atomic E-state index is 12.3. The summed E-state index contributed by atoms with van der Waals surface area (Å²) in [6.07, 6.45) is 5.34. The molecule has 7 nitrogen and oxygen atoms in total. The predicted molar refractivity (Wildman–Crippen MR) is 109 cm³/mol. The monoisotopic (exact) mass is 394 g/mol. The number of anilines is 2. The molecule has 8 heteroatoms. The number of amides is 1. The summed E-state index contributed by atoms with van der Waals surface area (Å²) in [5, 5.41) is 2.96. The first-order valence-corrected chi connectivity index (χ1v) is 11.5. The third-order valence-corrected chi connectivity index (χ3v) is 6.55. The van der Waals surface area contributed by atoms with Crippen molar-refractivity contribution in [1.29, 1.82) is 0 Å². The maximum atomic E-state index is 12.3. The van der Waals surface area contributed by atoms with E-state index in [1.54, 1.807) is 12.1 Å². The topological polar surface area (TPSA) is 73.0 Å². The molecule has 1 heterocycles. The average Bonchev–Trinajstić information content (AvgIpc) is 3.13. The number of hydrogen-bond acceptors (Lipinski definition) is 5. The van der Waals surface area contributed by atoms with E-state index in [0.717, 1.165) is 63.8 Å². The van der Waals surface area contributed by atoms with Gasteiger partial charge in [0, 0.05) is 37.9 Å². The Balaban J connectivity index is 1.68. The molecular formula is C19H30N4O3S. The molecule has 1 aliphatic carbocycles. The second kappa shape index (κ2) is 8.48. The summed E-state index contributed by atoms with van der Waals surface area (Å²) in [5.74, 6) is -0.240. The van der Waals surface area contributed by atoms with E-state index in [9.17, 15) is 13.2 Å². The average molecular weight is 395 g/mol. The van der Waals surface area contributed by atoms with Crippen LogP contribution in [0.2, 0.25) is 0 Å². The molecule has 1 N–H and O–H groups in total. The Morgan fingerprint density at radius 2 is 1.70 bits per heavy atom. The van der Waals surface area contributed by atoms with Crippen molar-refractivity contribution in [2.24, 2.45) is 0 Å². The molecule has 0 unspecified atom stereocenters. The zero-order valence-electron chi connectivity index (χ0n) is 16.2. The summed E-state index contributed by atoms with van der Waals surface area (Å²) in [7, 11) is -1.43. The molecule has 0 atom stereocenters. The largest absolute Gasteiger partial charge is 0.369 e. The van der Waals surface area contributed by atoms with Crippen molar-refractivity contribution in [2.75, 3.05) is 55.2 Å². The van der Waals surface area contributed by atoms with Crippen LogP contribution in [0.3, 0.4) is 0 Å². The quantitative estimate of drug-likeness (QED) is 0.787. The van der Waals surface area contributed by atoms with Crippen molar-refractivity contribution in [3.63, 3.8) is 0 Å². The van der Waals surface area contributed by atoms with Crippen molar-refractivity contribution in [2.45, 2.75) is 31.7 Å². The predicted octanol–water partition coefficient (Wildman–Crippen LogP) is 1.26. The van der Waals surface area contributed by atoms with Crippen molar-refractivity contribution in [3.05, 3.63) is 24.3 Å². The summed E-state index contributed by atoms with van der Waals surface area (Å²) >= 11 is 0. The highest BCUT2D eigenvalue weighted by Gasteiger charge is 2.24. The smallest absolute Gasteiger partial charge is 0.240 e. The molecule has 2 aliphatic rings. The fraction of sp³-hybridized carbons (Fsp3) is 0.632. The van der Waals surface area contributed by atoms with Gasteiger partial charge in [0.1, 0.15) is 6.54 Å². The second-order valence-corrected chi connectivity index (χ2v) is 9.53. The van der Waals surface area contributed by atoms with Crippen LogP contribution in [0.5, 0.6) is 0 Å². The van der Waals surface area contributed by atoms with E-state index in [4.69, 9.17) is 0 Å². The molecule has 0 aromatic heterocycles. The van der Waals surface area contributed by atoms with Crippen LogP contribution in [0.15, 0.2) is 24.3 Å². The fourth-order valence-electron chi connectivity index (χ4n) is 3.77. The standard InChI is InChI=1S/C19H30N4O3S/c1-21-11-13-22(14-12-21)17-7-9-18(10-8-17)23(27(2,25)26)15-19(24)20-16-5-3-4-6-16/h7-10,16H,3-6,11-15H2,1-2H3,(H,20,24). The lowest BCUT2D eigenvalue weighted by molar-refractivity contribution is -0.120. The summed E-state index contributed by atoms with van der Waals surface area (Å²) in [6.45, 7) is 3.76. The number of benzene rings is 1. The van der Waals surface area contributed by atoms with Crippen LogP contribution in [0, 0.1) is 0 Å². The van der Waals surface area contributed by atoms with Crippen LogP contribution >= 0.6 is 0 Å². The van der Waals surface area contributed by atoms with Gasteiger partial charge in [0.15, 0.2) is 0 Å². The SMILES string of the molecule is CN1CCN(c2ccc(N(CC(=O)NC3CCCC3)S(C)(=O)=O)cc2)CC1. The van der Waals surface area contributed by atoms with Gasteiger partial charge in [-0.1, -0.05) is 12.8 Å². The van der Waals surface area contributed by atoms with Gasteiger partial charge in [-0.15, -0.1) is 0 Å². The first kappa shape index (κ1) is 19.9. The molecular weight excluding hydrogens is 364 g/mol. The number of carbonyl (C=O) groups is 1. The van der Waals surface area contributed by atoms with Crippen molar-refractivity contribution < 1.29 is 13.2 Å². The summed E-state index contributed by atoms with van der Waals surface area (Å²) in [5.41, 5.74) is 1.60. The summed E-state index contributed by atoms with van der Waals surface area (Å²) < 4.78 is 25.7. The van der Waals surface area contributed by atoms with Crippen LogP contribution in [0.4, 0.5) is 11.4 Å². The summed E-state index contributed by atoms with van der Waals surface area (Å²) in [6, 6.07) is 7.63. The molecule has 1 saturated carbocycles. The Kier molecular flexibility index (Phi) is 6.26. The van der Waals surface area contributed by atoms with E-state index >= 15 is 0 Å². The third kappa shape index (κ3) is 5.35. The van der Waals surface area contributed by atoms with Crippen LogP contribution in [-0.4, -0.2) is 71.3 Å². The number of piperazine rings is 1. The highest BCUT2D eigenvalue weighted by atomic mass is 32.2. The molecule has 1 aromatic carbocycles. The zero-order valence-corrected chi connectivity index (χ0v) is 17.0. The lowest BCUT2D eigenvalue weighted by atomic mass is 10.2. The number of rotatable bonds is 6. The van der Waals surface area contributed by atoms with Crippen molar-refractivity contribution >= 4 is 27.3 Å². The van der Waals surface area contributed by atoms with Crippen LogP contribution in [-0.2, 0) is 14.8 Å². The van der Waals surface area contributed by atoms with Crippen LogP contribution in [0.25, 0.3) is 0 Å². The molecule has 150 valence electrons. The van der Waals surface area contributed by atoms with Gasteiger partial charge < -0.3 is 15.1 Å². The van der Waals surface area contributed by atoms with E-state index in [1.165, 1.54) is 4.31 Å². The molecule has 0 radical (unpaired) electrons. The van der Waals surface area contributed by atoms with Gasteiger partial charge in [0.25, 0.3) is 0 Å². The molecule has 1 aromatic rings. The van der Waals surface area contributed by atoms with E-state index in [1.807, 2.05) is 12.1 Å². The van der Waals surface area contributed by atoms with Crippen LogP contribution in [0.1, 0.15) is 25.7 Å². The molecule has 1 saturated heterocycles. The van der Waals surface area contributed by atoms with Gasteiger partial charge in [-0.05, 0) is 44.2 Å². The van der Waals surface area contributed by atoms with Gasteiger partial charge >= 0.3 is 0 Å². The first-order chi connectivity index (χ1) is 12.8. The van der Waals surface area contributed by atoms with Gasteiger partial charge in [-0.2, -0.15) is 0 Å². The molecule has 1 amide bonds. The normalized spacial score (nSPS) is 19.3. The number of likely N-dealkylation sites (N-methyl/N-ethyl adjacent to an activating group) is 1. The lowest BCUT2D eigenvalue weighted by Crippen LogP contribution is -2.44. The van der Waals surface area contributed by atoms with Gasteiger partial charge in [-0.25, -0.2) is 8.42 Å². The third-order valence-electron chi connectivity index (χ3n) is 5.41. The van der Waals surface area contributed by atoms with Crippen molar-refractivity contribution in [3.8, 4) is 0 Å². The first-order valence-electron chi connectivity index (χ1n) is 9.63. The Bertz CT molecular complexity index is 737. The highest BCUT2D eigenvalue weighted by Crippen LogP contribution is 2.24. The fourth-order valence-corrected chi connectivity index (χ4v) is 4.62. The minimum absolute atomic E-state index is 0.177. The van der Waals surface area contributed by atoms with E-state index in [-0.39, 0.29) is 18.5 Å². The second-order valence-electron chi connectivity index (χ2n) is 7.63. The zero-order chi connectivity index (χ0) is 19.4. The van der Waals surface area contributed by atoms with E-state index < -0.39 is 10.0 Å². The van der Waals surface area contributed by atoms with Crippen molar-refractivity contribution in [1.82, 2.24) is 10.2 Å². The minimum Gasteiger partial charge on any atom is -0.369 e. The Morgan fingerprint density at radius 3 is 2.26 bits per heavy atom. The number of hydrogen-bond donors (Lipinski definition) is 1. The van der Waals surface area contributed by atoms with E-state index in [0.29, 0.717) is 5.69 Å². The van der Waals surface area contributed by atoms with Gasteiger partial charge in [0.05, 0.1) is 11.9 Å². The van der Waals surface area contributed by atoms with Crippen LogP contribution < -0.4 is 14.5 Å². The van der Waals surface area contributed by atoms with E-state index in [2.05, 4.69) is 22.2 Å². The van der Waals surface area contributed by atoms with Gasteiger partial charge in [0.2, 0.25) is 15.9 Å². The lowest BCUT2D eigenvalue weighted by Gasteiger charge is -2.34. The maximum Gasteiger partial charge on any atom is 0.240 e. The summed E-state index contributed by atoms with van der Waals surface area (Å²) in [4.78, 5) is 16.9. The number of carbonyl (C=O) groups excluding carboxylic acids is 1. The van der Waals surface area contributed by atoms with Gasteiger partial charge in [-0.3, -0.25) is 9.10 Å². The molecule has 1 aliphatic heterocycles. The number of nitrogens with zero attached hydrogens (tertiary/aromatic N) is 3. The highest BCUT2D eigenvalue weighted by molar-refractivity contribution is 7.92. The number of nitrogens with one attached hydrogen (secondary N) is 1. The molecule has 0 bridgehead atoms. The Labute approximate surface area is 162 Å². The molecule has 0 spiro atoms. The minimum atomic E-state index is -3.54.